The van der Waals surface area contributed by atoms with Gasteiger partial charge in [-0.25, -0.2) is 0 Å². The Morgan fingerprint density at radius 1 is 1.32 bits per heavy atom. The first-order chi connectivity index (χ1) is 10.4. The Hall–Kier alpha value is -1.44. The highest BCUT2D eigenvalue weighted by Crippen LogP contribution is 2.66. The highest BCUT2D eigenvalue weighted by Gasteiger charge is 2.67. The molecule has 0 radical (unpaired) electrons. The fourth-order valence-electron chi connectivity index (χ4n) is 5.22. The third kappa shape index (κ3) is 2.00. The van der Waals surface area contributed by atoms with Gasteiger partial charge in [0.25, 0.3) is 0 Å². The first kappa shape index (κ1) is 15.5. The van der Waals surface area contributed by atoms with Gasteiger partial charge in [-0.1, -0.05) is 42.4 Å². The van der Waals surface area contributed by atoms with Crippen molar-refractivity contribution in [3.63, 3.8) is 0 Å². The monoisotopic (exact) mass is 298 g/mol. The molecule has 0 aromatic rings. The summed E-state index contributed by atoms with van der Waals surface area (Å²) in [4.78, 5) is 24.3. The molecule has 3 aliphatic carbocycles. The van der Waals surface area contributed by atoms with E-state index in [1.807, 2.05) is 0 Å². The Labute approximate surface area is 133 Å². The van der Waals surface area contributed by atoms with Gasteiger partial charge in [0.1, 0.15) is 12.1 Å². The molecule has 3 rings (SSSR count). The molecule has 0 N–H and O–H groups in total. The van der Waals surface area contributed by atoms with Gasteiger partial charge in [0.2, 0.25) is 0 Å². The van der Waals surface area contributed by atoms with Crippen molar-refractivity contribution >= 4 is 12.1 Å². The van der Waals surface area contributed by atoms with Crippen LogP contribution in [0.5, 0.6) is 0 Å². The molecule has 0 aliphatic heterocycles. The van der Waals surface area contributed by atoms with Gasteiger partial charge < -0.3 is 4.79 Å². The predicted molar refractivity (Wildman–Crippen MR) is 88.2 cm³/mol. The zero-order chi connectivity index (χ0) is 16.1. The molecular weight excluding hydrogens is 272 g/mol. The Bertz CT molecular complexity index is 591. The number of allylic oxidation sites excluding steroid dienone is 6. The molecule has 22 heavy (non-hydrogen) atoms. The second kappa shape index (κ2) is 5.33. The maximum Gasteiger partial charge on any atom is 0.136 e. The van der Waals surface area contributed by atoms with E-state index in [2.05, 4.69) is 52.0 Å². The van der Waals surface area contributed by atoms with E-state index in [-0.39, 0.29) is 29.1 Å². The summed E-state index contributed by atoms with van der Waals surface area (Å²) in [6.07, 6.45) is 11.5. The SMILES string of the molecule is CC(C)=CC/C=C(/C)[C@H]1C=C[C@]2(C=O)[C@H]1[C@H]1C(=O)C[C@@H]2[C@@H]1C. The summed E-state index contributed by atoms with van der Waals surface area (Å²) in [5, 5.41) is 0. The molecule has 6 atom stereocenters. The van der Waals surface area contributed by atoms with Crippen LogP contribution < -0.4 is 0 Å². The Morgan fingerprint density at radius 2 is 2.05 bits per heavy atom. The normalized spacial score (nSPS) is 42.6. The van der Waals surface area contributed by atoms with Crippen molar-refractivity contribution in [1.82, 2.24) is 0 Å². The molecule has 0 aromatic carbocycles. The number of fused-ring (bicyclic) bond motifs is 5. The summed E-state index contributed by atoms with van der Waals surface area (Å²) in [5.74, 6) is 1.43. The molecule has 0 saturated heterocycles. The molecule has 0 unspecified atom stereocenters. The smallest absolute Gasteiger partial charge is 0.136 e. The third-order valence-electron chi connectivity index (χ3n) is 6.28. The molecule has 2 saturated carbocycles. The minimum Gasteiger partial charge on any atom is -0.302 e. The van der Waals surface area contributed by atoms with E-state index in [1.165, 1.54) is 11.1 Å². The average Bonchev–Trinajstić information content (AvgIpc) is 3.04. The fourth-order valence-corrected chi connectivity index (χ4v) is 5.22. The van der Waals surface area contributed by atoms with E-state index in [9.17, 15) is 9.59 Å². The minimum absolute atomic E-state index is 0.0713. The predicted octanol–water partition coefficient (Wildman–Crippen LogP) is 4.13. The first-order valence-electron chi connectivity index (χ1n) is 8.40. The molecule has 118 valence electrons. The Balaban J connectivity index is 1.90. The number of hydrogen-bond donors (Lipinski definition) is 0. The van der Waals surface area contributed by atoms with Crippen molar-refractivity contribution in [1.29, 1.82) is 0 Å². The summed E-state index contributed by atoms with van der Waals surface area (Å²) < 4.78 is 0. The molecule has 2 heteroatoms. The standard InChI is InChI=1S/C20H26O2/c1-12(2)6-5-7-13(3)15-8-9-20(11-21)16-10-17(22)18(14(16)4)19(15)20/h6-9,11,14-16,18-19H,5,10H2,1-4H3/b13-7-/t14-,15+,16+,18+,19+,20+/m0/s1. The summed E-state index contributed by atoms with van der Waals surface area (Å²) in [5.41, 5.74) is 2.24. The van der Waals surface area contributed by atoms with Crippen LogP contribution in [0.1, 0.15) is 40.5 Å². The van der Waals surface area contributed by atoms with Crippen LogP contribution in [-0.2, 0) is 9.59 Å². The maximum atomic E-state index is 12.3. The second-order valence-electron chi connectivity index (χ2n) is 7.66. The molecule has 0 heterocycles. The molecule has 2 fully saturated rings. The van der Waals surface area contributed by atoms with Gasteiger partial charge in [-0.3, -0.25) is 4.79 Å². The van der Waals surface area contributed by atoms with Crippen LogP contribution in [0.4, 0.5) is 0 Å². The van der Waals surface area contributed by atoms with Crippen molar-refractivity contribution in [2.45, 2.75) is 40.5 Å². The van der Waals surface area contributed by atoms with Gasteiger partial charge in [0.05, 0.1) is 5.41 Å². The first-order valence-corrected chi connectivity index (χ1v) is 8.40. The van der Waals surface area contributed by atoms with Gasteiger partial charge >= 0.3 is 0 Å². The van der Waals surface area contributed by atoms with Gasteiger partial charge in [-0.05, 0) is 44.9 Å². The highest BCUT2D eigenvalue weighted by atomic mass is 16.1. The molecular formula is C20H26O2. The van der Waals surface area contributed by atoms with Crippen LogP contribution in [0.3, 0.4) is 0 Å². The van der Waals surface area contributed by atoms with Crippen LogP contribution in [0.25, 0.3) is 0 Å². The fraction of sp³-hybridized carbons (Fsp3) is 0.600. The maximum absolute atomic E-state index is 12.3. The Kier molecular flexibility index (Phi) is 3.74. The zero-order valence-corrected chi connectivity index (χ0v) is 14.0. The van der Waals surface area contributed by atoms with Gasteiger partial charge in [-0.15, -0.1) is 0 Å². The number of aldehydes is 1. The number of Topliss-reactive ketones (excluding diaryl/α,β-unsaturated/α-hetero) is 1. The van der Waals surface area contributed by atoms with Crippen molar-refractivity contribution < 1.29 is 9.59 Å². The van der Waals surface area contributed by atoms with Crippen molar-refractivity contribution in [3.05, 3.63) is 35.5 Å². The van der Waals surface area contributed by atoms with Crippen molar-refractivity contribution in [2.24, 2.45) is 35.0 Å². The molecule has 2 bridgehead atoms. The summed E-state index contributed by atoms with van der Waals surface area (Å²) in [7, 11) is 0. The van der Waals surface area contributed by atoms with Crippen LogP contribution in [0.15, 0.2) is 35.5 Å². The third-order valence-corrected chi connectivity index (χ3v) is 6.28. The molecule has 3 aliphatic rings. The van der Waals surface area contributed by atoms with Crippen LogP contribution in [0, 0.1) is 35.0 Å². The van der Waals surface area contributed by atoms with E-state index in [1.54, 1.807) is 0 Å². The average molecular weight is 298 g/mol. The molecule has 2 nitrogen and oxygen atoms in total. The van der Waals surface area contributed by atoms with E-state index < -0.39 is 0 Å². The van der Waals surface area contributed by atoms with Crippen LogP contribution >= 0.6 is 0 Å². The lowest BCUT2D eigenvalue weighted by molar-refractivity contribution is -0.129. The molecule has 0 aromatic heterocycles. The van der Waals surface area contributed by atoms with Gasteiger partial charge in [0.15, 0.2) is 0 Å². The van der Waals surface area contributed by atoms with Gasteiger partial charge in [-0.2, -0.15) is 0 Å². The quantitative estimate of drug-likeness (QED) is 0.577. The lowest BCUT2D eigenvalue weighted by Crippen LogP contribution is -2.39. The van der Waals surface area contributed by atoms with Crippen LogP contribution in [-0.4, -0.2) is 12.1 Å². The Morgan fingerprint density at radius 3 is 2.68 bits per heavy atom. The van der Waals surface area contributed by atoms with Crippen molar-refractivity contribution in [2.75, 3.05) is 0 Å². The number of ketones is 1. The van der Waals surface area contributed by atoms with E-state index in [0.29, 0.717) is 18.1 Å². The number of rotatable bonds is 4. The largest absolute Gasteiger partial charge is 0.302 e. The van der Waals surface area contributed by atoms with E-state index >= 15 is 0 Å². The molecule has 0 spiro atoms. The topological polar surface area (TPSA) is 34.1 Å². The zero-order valence-electron chi connectivity index (χ0n) is 14.0. The van der Waals surface area contributed by atoms with Crippen molar-refractivity contribution in [3.8, 4) is 0 Å². The van der Waals surface area contributed by atoms with E-state index in [0.717, 1.165) is 12.7 Å². The number of hydrogen-bond acceptors (Lipinski definition) is 2. The lowest BCUT2D eigenvalue weighted by atomic mass is 9.65. The second-order valence-corrected chi connectivity index (χ2v) is 7.66. The van der Waals surface area contributed by atoms with Crippen LogP contribution in [0.2, 0.25) is 0 Å². The summed E-state index contributed by atoms with van der Waals surface area (Å²) in [6, 6.07) is 0. The minimum atomic E-state index is -0.381. The number of carbonyl (C=O) groups is 2. The van der Waals surface area contributed by atoms with E-state index in [4.69, 9.17) is 0 Å². The lowest BCUT2D eigenvalue weighted by Gasteiger charge is -2.36. The number of carbonyl (C=O) groups excluding carboxylic acids is 2. The molecule has 0 amide bonds. The van der Waals surface area contributed by atoms with Gasteiger partial charge in [0, 0.05) is 18.3 Å². The summed E-state index contributed by atoms with van der Waals surface area (Å²) in [6.45, 7) is 8.52. The highest BCUT2D eigenvalue weighted by molar-refractivity contribution is 5.89. The summed E-state index contributed by atoms with van der Waals surface area (Å²) >= 11 is 0.